The molecular formula is C8H10N2O3. The molecule has 1 heterocycles. The van der Waals surface area contributed by atoms with Gasteiger partial charge in [0.1, 0.15) is 6.26 Å². The highest BCUT2D eigenvalue weighted by atomic mass is 16.4. The number of aromatic carboxylic acids is 1. The molecule has 70 valence electrons. The van der Waals surface area contributed by atoms with Crippen molar-refractivity contribution in [1.29, 1.82) is 0 Å². The first-order chi connectivity index (χ1) is 6.25. The van der Waals surface area contributed by atoms with Crippen LogP contribution in [-0.2, 0) is 6.54 Å². The molecule has 0 saturated heterocycles. The van der Waals surface area contributed by atoms with Crippen LogP contribution >= 0.6 is 0 Å². The topological polar surface area (TPSA) is 75.4 Å². The van der Waals surface area contributed by atoms with Gasteiger partial charge < -0.3 is 14.8 Å². The van der Waals surface area contributed by atoms with Crippen molar-refractivity contribution in [2.45, 2.75) is 25.4 Å². The van der Waals surface area contributed by atoms with Gasteiger partial charge in [-0.3, -0.25) is 0 Å². The molecule has 2 N–H and O–H groups in total. The summed E-state index contributed by atoms with van der Waals surface area (Å²) in [6, 6.07) is 0.588. The molecule has 1 aromatic rings. The Kier molecular flexibility index (Phi) is 2.02. The molecule has 5 nitrogen and oxygen atoms in total. The largest absolute Gasteiger partial charge is 0.474 e. The summed E-state index contributed by atoms with van der Waals surface area (Å²) in [5.41, 5.74) is 0.643. The Morgan fingerprint density at radius 3 is 3.08 bits per heavy atom. The highest BCUT2D eigenvalue weighted by Gasteiger charge is 2.21. The van der Waals surface area contributed by atoms with E-state index in [1.54, 1.807) is 0 Å². The van der Waals surface area contributed by atoms with Gasteiger partial charge in [0.05, 0.1) is 5.69 Å². The Balaban J connectivity index is 1.92. The maximum Gasteiger partial charge on any atom is 0.392 e. The highest BCUT2D eigenvalue weighted by molar-refractivity contribution is 5.82. The van der Waals surface area contributed by atoms with Crippen LogP contribution in [0.4, 0.5) is 0 Å². The van der Waals surface area contributed by atoms with Crippen LogP contribution in [0, 0.1) is 0 Å². The number of hydrogen-bond acceptors (Lipinski definition) is 4. The lowest BCUT2D eigenvalue weighted by Crippen LogP contribution is -2.15. The second-order valence-corrected chi connectivity index (χ2v) is 3.10. The number of carboxylic acid groups (broad SMARTS) is 1. The summed E-state index contributed by atoms with van der Waals surface area (Å²) < 4.78 is 4.73. The Morgan fingerprint density at radius 1 is 1.77 bits per heavy atom. The van der Waals surface area contributed by atoms with Gasteiger partial charge in [0.2, 0.25) is 0 Å². The second-order valence-electron chi connectivity index (χ2n) is 3.10. The lowest BCUT2D eigenvalue weighted by Gasteiger charge is -1.95. The third-order valence-electron chi connectivity index (χ3n) is 1.88. The Labute approximate surface area is 74.8 Å². The van der Waals surface area contributed by atoms with Crippen molar-refractivity contribution in [2.75, 3.05) is 0 Å². The summed E-state index contributed by atoms with van der Waals surface area (Å²) in [7, 11) is 0. The van der Waals surface area contributed by atoms with Crippen LogP contribution in [0.1, 0.15) is 29.2 Å². The van der Waals surface area contributed by atoms with Crippen molar-refractivity contribution in [1.82, 2.24) is 10.3 Å². The van der Waals surface area contributed by atoms with E-state index in [1.165, 1.54) is 19.1 Å². The normalized spacial score (nSPS) is 16.0. The van der Waals surface area contributed by atoms with Crippen LogP contribution in [0.5, 0.6) is 0 Å². The Bertz CT molecular complexity index is 317. The molecule has 0 radical (unpaired) electrons. The van der Waals surface area contributed by atoms with E-state index in [2.05, 4.69) is 10.3 Å². The Hall–Kier alpha value is -1.36. The molecule has 2 rings (SSSR count). The smallest absolute Gasteiger partial charge is 0.392 e. The van der Waals surface area contributed by atoms with E-state index in [0.717, 1.165) is 0 Å². The first kappa shape index (κ1) is 8.25. The monoisotopic (exact) mass is 182 g/mol. The number of oxazole rings is 1. The third kappa shape index (κ3) is 2.06. The molecule has 13 heavy (non-hydrogen) atoms. The molecule has 0 amide bonds. The number of carboxylic acids is 1. The van der Waals surface area contributed by atoms with Crippen molar-refractivity contribution in [2.24, 2.45) is 0 Å². The van der Waals surface area contributed by atoms with Crippen LogP contribution in [-0.4, -0.2) is 22.1 Å². The van der Waals surface area contributed by atoms with E-state index >= 15 is 0 Å². The predicted molar refractivity (Wildman–Crippen MR) is 43.3 cm³/mol. The average molecular weight is 182 g/mol. The molecule has 5 heteroatoms. The van der Waals surface area contributed by atoms with Crippen LogP contribution in [0.3, 0.4) is 0 Å². The number of rotatable bonds is 4. The van der Waals surface area contributed by atoms with E-state index < -0.39 is 5.97 Å². The number of nitrogens with zero attached hydrogens (tertiary/aromatic N) is 1. The van der Waals surface area contributed by atoms with Gasteiger partial charge in [-0.1, -0.05) is 0 Å². The van der Waals surface area contributed by atoms with Gasteiger partial charge in [-0.2, -0.15) is 0 Å². The van der Waals surface area contributed by atoms with E-state index in [9.17, 15) is 4.79 Å². The zero-order valence-electron chi connectivity index (χ0n) is 6.99. The minimum atomic E-state index is -1.13. The zero-order chi connectivity index (χ0) is 9.26. The maximum atomic E-state index is 10.4. The highest BCUT2D eigenvalue weighted by Crippen LogP contribution is 2.19. The van der Waals surface area contributed by atoms with E-state index in [4.69, 9.17) is 9.52 Å². The van der Waals surface area contributed by atoms with Crippen LogP contribution < -0.4 is 5.32 Å². The van der Waals surface area contributed by atoms with Gasteiger partial charge in [0.15, 0.2) is 0 Å². The minimum Gasteiger partial charge on any atom is -0.474 e. The van der Waals surface area contributed by atoms with Gasteiger partial charge in [-0.05, 0) is 12.8 Å². The molecule has 1 fully saturated rings. The second kappa shape index (κ2) is 3.18. The van der Waals surface area contributed by atoms with Crippen molar-refractivity contribution >= 4 is 5.97 Å². The summed E-state index contributed by atoms with van der Waals surface area (Å²) in [5.74, 6) is -1.37. The maximum absolute atomic E-state index is 10.4. The van der Waals surface area contributed by atoms with Gasteiger partial charge in [-0.25, -0.2) is 9.78 Å². The molecule has 1 aromatic heterocycles. The van der Waals surface area contributed by atoms with E-state index in [1.807, 2.05) is 0 Å². The van der Waals surface area contributed by atoms with Crippen LogP contribution in [0.15, 0.2) is 10.7 Å². The van der Waals surface area contributed by atoms with Crippen molar-refractivity contribution in [3.8, 4) is 0 Å². The first-order valence-corrected chi connectivity index (χ1v) is 4.17. The molecule has 0 unspecified atom stereocenters. The summed E-state index contributed by atoms with van der Waals surface area (Å²) in [6.45, 7) is 0.585. The fourth-order valence-electron chi connectivity index (χ4n) is 1.02. The number of carbonyl (C=O) groups is 1. The lowest BCUT2D eigenvalue weighted by molar-refractivity contribution is 0.0653. The summed E-state index contributed by atoms with van der Waals surface area (Å²) in [4.78, 5) is 14.2. The quantitative estimate of drug-likeness (QED) is 0.714. The standard InChI is InChI=1S/C8H10N2O3/c11-8(12)7-10-6(4-13-7)3-9-5-1-2-5/h4-5,9H,1-3H2,(H,11,12). The van der Waals surface area contributed by atoms with Crippen molar-refractivity contribution < 1.29 is 14.3 Å². The number of aromatic nitrogens is 1. The third-order valence-corrected chi connectivity index (χ3v) is 1.88. The molecule has 0 aliphatic heterocycles. The Morgan fingerprint density at radius 2 is 2.54 bits per heavy atom. The van der Waals surface area contributed by atoms with E-state index in [0.29, 0.717) is 18.3 Å². The van der Waals surface area contributed by atoms with Crippen molar-refractivity contribution in [3.63, 3.8) is 0 Å². The van der Waals surface area contributed by atoms with E-state index in [-0.39, 0.29) is 5.89 Å². The fourth-order valence-corrected chi connectivity index (χ4v) is 1.02. The minimum absolute atomic E-state index is 0.243. The molecule has 0 atom stereocenters. The zero-order valence-corrected chi connectivity index (χ0v) is 6.99. The SMILES string of the molecule is O=C(O)c1nc(CNC2CC2)co1. The molecule has 1 aliphatic carbocycles. The van der Waals surface area contributed by atoms with Gasteiger partial charge in [0, 0.05) is 12.6 Å². The first-order valence-electron chi connectivity index (χ1n) is 4.17. The van der Waals surface area contributed by atoms with Gasteiger partial charge >= 0.3 is 11.9 Å². The fraction of sp³-hybridized carbons (Fsp3) is 0.500. The molecular weight excluding hydrogens is 172 g/mol. The van der Waals surface area contributed by atoms with Crippen LogP contribution in [0.2, 0.25) is 0 Å². The predicted octanol–water partition coefficient (Wildman–Crippen LogP) is 0.625. The van der Waals surface area contributed by atoms with Gasteiger partial charge in [-0.15, -0.1) is 0 Å². The summed E-state index contributed by atoms with van der Waals surface area (Å²) >= 11 is 0. The molecule has 1 saturated carbocycles. The summed E-state index contributed by atoms with van der Waals surface area (Å²) in [5, 5.41) is 11.7. The molecule has 0 bridgehead atoms. The van der Waals surface area contributed by atoms with Crippen LogP contribution in [0.25, 0.3) is 0 Å². The lowest BCUT2D eigenvalue weighted by atomic mass is 10.4. The molecule has 0 aromatic carbocycles. The van der Waals surface area contributed by atoms with Gasteiger partial charge in [0.25, 0.3) is 0 Å². The molecule has 0 spiro atoms. The number of hydrogen-bond donors (Lipinski definition) is 2. The summed E-state index contributed by atoms with van der Waals surface area (Å²) in [6.07, 6.45) is 3.77. The average Bonchev–Trinajstić information content (AvgIpc) is 2.79. The number of nitrogens with one attached hydrogen (secondary N) is 1. The van der Waals surface area contributed by atoms with Crippen molar-refractivity contribution in [3.05, 3.63) is 17.8 Å². The molecule has 1 aliphatic rings.